The lowest BCUT2D eigenvalue weighted by molar-refractivity contribution is -0.147. The van der Waals surface area contributed by atoms with E-state index >= 15 is 0 Å². The van der Waals surface area contributed by atoms with E-state index in [0.717, 1.165) is 4.57 Å². The zero-order valence-electron chi connectivity index (χ0n) is 15.0. The number of hydrogen-bond acceptors (Lipinski definition) is 5. The van der Waals surface area contributed by atoms with E-state index in [0.29, 0.717) is 16.8 Å². The molecule has 11 heteroatoms. The second-order valence-corrected chi connectivity index (χ2v) is 6.16. The van der Waals surface area contributed by atoms with Crippen molar-refractivity contribution < 1.29 is 27.5 Å². The van der Waals surface area contributed by atoms with E-state index in [4.69, 9.17) is 4.74 Å². The quantitative estimate of drug-likeness (QED) is 0.817. The van der Waals surface area contributed by atoms with Crippen molar-refractivity contribution in [1.82, 2.24) is 24.6 Å². The summed E-state index contributed by atoms with van der Waals surface area (Å²) in [5.74, 6) is -1.95. The van der Waals surface area contributed by atoms with E-state index in [1.807, 2.05) is 0 Å². The van der Waals surface area contributed by atoms with Crippen LogP contribution in [0.25, 0.3) is 0 Å². The Bertz CT molecular complexity index is 900. The zero-order valence-corrected chi connectivity index (χ0v) is 15.0. The summed E-state index contributed by atoms with van der Waals surface area (Å²) in [6, 6.07) is 0. The van der Waals surface area contributed by atoms with Crippen molar-refractivity contribution in [3.63, 3.8) is 0 Å². The average Bonchev–Trinajstić information content (AvgIpc) is 3.14. The van der Waals surface area contributed by atoms with E-state index in [-0.39, 0.29) is 43.7 Å². The third-order valence-electron chi connectivity index (χ3n) is 4.42. The minimum Gasteiger partial charge on any atom is -0.461 e. The molecule has 146 valence electrons. The van der Waals surface area contributed by atoms with E-state index < -0.39 is 18.0 Å². The molecule has 0 aliphatic carbocycles. The Labute approximate surface area is 152 Å². The summed E-state index contributed by atoms with van der Waals surface area (Å²) < 4.78 is 44.7. The number of carbonyl (C=O) groups excluding carboxylic acids is 2. The van der Waals surface area contributed by atoms with Crippen LogP contribution in [0.3, 0.4) is 0 Å². The van der Waals surface area contributed by atoms with Crippen molar-refractivity contribution in [3.05, 3.63) is 34.2 Å². The van der Waals surface area contributed by atoms with E-state index in [1.54, 1.807) is 20.8 Å². The Kier molecular flexibility index (Phi) is 4.70. The Morgan fingerprint density at radius 1 is 1.22 bits per heavy atom. The Balaban J connectivity index is 1.86. The maximum Gasteiger partial charge on any atom is 0.451 e. The third-order valence-corrected chi connectivity index (χ3v) is 4.42. The van der Waals surface area contributed by atoms with Crippen LogP contribution in [0.1, 0.15) is 50.7 Å². The molecule has 1 aliphatic heterocycles. The number of carbonyl (C=O) groups is 2. The highest BCUT2D eigenvalue weighted by atomic mass is 19.4. The SMILES string of the molecule is CCOC(=O)c1[nH]c(C)c(C(=O)N2CCn3c(nnc3C(F)(F)F)C2)c1C. The van der Waals surface area contributed by atoms with Gasteiger partial charge in [-0.3, -0.25) is 4.79 Å². The van der Waals surface area contributed by atoms with Gasteiger partial charge < -0.3 is 19.2 Å². The molecule has 0 saturated heterocycles. The van der Waals surface area contributed by atoms with Gasteiger partial charge in [0.25, 0.3) is 5.91 Å². The number of alkyl halides is 3. The first kappa shape index (κ1) is 18.9. The fourth-order valence-corrected chi connectivity index (χ4v) is 3.18. The van der Waals surface area contributed by atoms with Crippen molar-refractivity contribution in [2.45, 2.75) is 40.0 Å². The van der Waals surface area contributed by atoms with Gasteiger partial charge in [-0.15, -0.1) is 10.2 Å². The lowest BCUT2D eigenvalue weighted by atomic mass is 10.1. The van der Waals surface area contributed by atoms with E-state index in [2.05, 4.69) is 15.2 Å². The number of nitrogens with zero attached hydrogens (tertiary/aromatic N) is 4. The van der Waals surface area contributed by atoms with Gasteiger partial charge in [0.2, 0.25) is 5.82 Å². The number of ether oxygens (including phenoxy) is 1. The normalized spacial score (nSPS) is 14.2. The maximum absolute atomic E-state index is 12.9. The number of nitrogens with one attached hydrogen (secondary N) is 1. The Morgan fingerprint density at radius 2 is 1.93 bits per heavy atom. The van der Waals surface area contributed by atoms with Crippen molar-refractivity contribution in [2.24, 2.45) is 0 Å². The molecule has 8 nitrogen and oxygen atoms in total. The first-order chi connectivity index (χ1) is 12.6. The van der Waals surface area contributed by atoms with Crippen LogP contribution in [-0.4, -0.2) is 49.7 Å². The van der Waals surface area contributed by atoms with Crippen LogP contribution in [0.15, 0.2) is 0 Å². The summed E-state index contributed by atoms with van der Waals surface area (Å²) in [4.78, 5) is 29.2. The van der Waals surface area contributed by atoms with Crippen LogP contribution in [0.5, 0.6) is 0 Å². The van der Waals surface area contributed by atoms with Crippen LogP contribution >= 0.6 is 0 Å². The summed E-state index contributed by atoms with van der Waals surface area (Å²) in [6.07, 6.45) is -4.60. The molecular weight excluding hydrogens is 367 g/mol. The number of H-pyrrole nitrogens is 1. The maximum atomic E-state index is 12.9. The zero-order chi connectivity index (χ0) is 19.9. The first-order valence-electron chi connectivity index (χ1n) is 8.30. The number of amides is 1. The number of aromatic nitrogens is 4. The minimum atomic E-state index is -4.60. The van der Waals surface area contributed by atoms with Gasteiger partial charge in [-0.05, 0) is 26.3 Å². The fraction of sp³-hybridized carbons (Fsp3) is 0.500. The van der Waals surface area contributed by atoms with Gasteiger partial charge in [0, 0.05) is 18.8 Å². The molecule has 1 amide bonds. The molecule has 0 unspecified atom stereocenters. The number of fused-ring (bicyclic) bond motifs is 1. The number of aromatic amines is 1. The molecule has 2 aromatic rings. The molecule has 0 bridgehead atoms. The fourth-order valence-electron chi connectivity index (χ4n) is 3.18. The second-order valence-electron chi connectivity index (χ2n) is 6.16. The third kappa shape index (κ3) is 3.28. The molecular formula is C16H18F3N5O3. The molecule has 0 spiro atoms. The number of esters is 1. The monoisotopic (exact) mass is 385 g/mol. The van der Waals surface area contributed by atoms with Crippen molar-refractivity contribution in [2.75, 3.05) is 13.2 Å². The van der Waals surface area contributed by atoms with Crippen LogP contribution in [0, 0.1) is 13.8 Å². The molecule has 1 aliphatic rings. The summed E-state index contributed by atoms with van der Waals surface area (Å²) in [5, 5.41) is 6.77. The molecule has 27 heavy (non-hydrogen) atoms. The Morgan fingerprint density at radius 3 is 2.56 bits per heavy atom. The average molecular weight is 385 g/mol. The predicted molar refractivity (Wildman–Crippen MR) is 86.0 cm³/mol. The molecule has 3 heterocycles. The number of aryl methyl sites for hydroxylation is 1. The van der Waals surface area contributed by atoms with Gasteiger partial charge >= 0.3 is 12.1 Å². The second kappa shape index (κ2) is 6.71. The highest BCUT2D eigenvalue weighted by Crippen LogP contribution is 2.30. The topological polar surface area (TPSA) is 93.1 Å². The van der Waals surface area contributed by atoms with Gasteiger partial charge in [-0.2, -0.15) is 13.2 Å². The van der Waals surface area contributed by atoms with Crippen LogP contribution in [0.4, 0.5) is 13.2 Å². The van der Waals surface area contributed by atoms with Gasteiger partial charge in [0.05, 0.1) is 18.7 Å². The smallest absolute Gasteiger partial charge is 0.451 e. The molecule has 1 N–H and O–H groups in total. The number of rotatable bonds is 3. The number of halogens is 3. The molecule has 0 atom stereocenters. The van der Waals surface area contributed by atoms with Crippen molar-refractivity contribution >= 4 is 11.9 Å². The molecule has 0 fully saturated rings. The predicted octanol–water partition coefficient (Wildman–Crippen LogP) is 2.07. The summed E-state index contributed by atoms with van der Waals surface area (Å²) in [7, 11) is 0. The van der Waals surface area contributed by atoms with E-state index in [1.165, 1.54) is 4.90 Å². The van der Waals surface area contributed by atoms with Crippen LogP contribution in [0.2, 0.25) is 0 Å². The molecule has 3 rings (SSSR count). The summed E-state index contributed by atoms with van der Waals surface area (Å²) >= 11 is 0. The molecule has 2 aromatic heterocycles. The van der Waals surface area contributed by atoms with Crippen molar-refractivity contribution in [3.8, 4) is 0 Å². The Hall–Kier alpha value is -2.85. The summed E-state index contributed by atoms with van der Waals surface area (Å²) in [6.45, 7) is 5.06. The molecule has 0 saturated carbocycles. The minimum absolute atomic E-state index is 0.0594. The lowest BCUT2D eigenvalue weighted by Gasteiger charge is -2.28. The van der Waals surface area contributed by atoms with Gasteiger partial charge in [-0.25, -0.2) is 4.79 Å². The largest absolute Gasteiger partial charge is 0.461 e. The summed E-state index contributed by atoms with van der Waals surface area (Å²) in [5.41, 5.74) is 1.43. The highest BCUT2D eigenvalue weighted by Gasteiger charge is 2.40. The van der Waals surface area contributed by atoms with E-state index in [9.17, 15) is 22.8 Å². The van der Waals surface area contributed by atoms with Gasteiger partial charge in [0.15, 0.2) is 5.82 Å². The van der Waals surface area contributed by atoms with Crippen LogP contribution in [-0.2, 0) is 24.0 Å². The van der Waals surface area contributed by atoms with Crippen LogP contribution < -0.4 is 0 Å². The lowest BCUT2D eigenvalue weighted by Crippen LogP contribution is -2.39. The van der Waals surface area contributed by atoms with Gasteiger partial charge in [0.1, 0.15) is 5.69 Å². The molecule has 0 aromatic carbocycles. The number of hydrogen-bond donors (Lipinski definition) is 1. The molecule has 0 radical (unpaired) electrons. The standard InChI is InChI=1S/C16H18F3N5O3/c1-4-27-14(26)12-8(2)11(9(3)20-12)13(25)23-5-6-24-10(7-23)21-22-15(24)16(17,18)19/h20H,4-7H2,1-3H3. The van der Waals surface area contributed by atoms with Gasteiger partial charge in [-0.1, -0.05) is 0 Å². The first-order valence-corrected chi connectivity index (χ1v) is 8.30. The highest BCUT2D eigenvalue weighted by molar-refractivity contribution is 6.01. The van der Waals surface area contributed by atoms with Crippen molar-refractivity contribution in [1.29, 1.82) is 0 Å².